The predicted molar refractivity (Wildman–Crippen MR) is 93.6 cm³/mol. The van der Waals surface area contributed by atoms with Crippen LogP contribution in [0.1, 0.15) is 53.5 Å². The number of ether oxygens (including phenoxy) is 1. The molecule has 3 rings (SSSR count). The van der Waals surface area contributed by atoms with Gasteiger partial charge in [0, 0.05) is 10.4 Å². The van der Waals surface area contributed by atoms with Gasteiger partial charge >= 0.3 is 0 Å². The number of carbonyl (C=O) groups excluding carboxylic acids is 1. The van der Waals surface area contributed by atoms with Gasteiger partial charge in [-0.25, -0.2) is 4.98 Å². The first-order valence-corrected chi connectivity index (χ1v) is 9.10. The molecule has 0 spiro atoms. The summed E-state index contributed by atoms with van der Waals surface area (Å²) in [5.74, 6) is 0.613. The zero-order valence-electron chi connectivity index (χ0n) is 13.4. The molecular weight excluding hydrogens is 308 g/mol. The zero-order chi connectivity index (χ0) is 16.1. The van der Waals surface area contributed by atoms with Crippen molar-refractivity contribution in [1.29, 1.82) is 0 Å². The Hall–Kier alpha value is -1.88. The molecule has 2 aromatic rings. The minimum absolute atomic E-state index is 0.128. The van der Waals surface area contributed by atoms with Crippen LogP contribution in [-0.4, -0.2) is 17.5 Å². The van der Waals surface area contributed by atoms with Gasteiger partial charge in [-0.1, -0.05) is 19.4 Å². The second-order valence-corrected chi connectivity index (χ2v) is 6.86. The second-order valence-electron chi connectivity index (χ2n) is 5.78. The van der Waals surface area contributed by atoms with E-state index in [9.17, 15) is 4.79 Å². The summed E-state index contributed by atoms with van der Waals surface area (Å²) >= 11 is 1.61. The summed E-state index contributed by atoms with van der Waals surface area (Å²) in [6.45, 7) is 2.81. The molecule has 0 radical (unpaired) electrons. The Morgan fingerprint density at radius 1 is 1.35 bits per heavy atom. The molecule has 4 nitrogen and oxygen atoms in total. The maximum atomic E-state index is 12.4. The van der Waals surface area contributed by atoms with Crippen molar-refractivity contribution in [2.45, 2.75) is 45.4 Å². The van der Waals surface area contributed by atoms with Crippen molar-refractivity contribution in [2.75, 3.05) is 11.9 Å². The highest BCUT2D eigenvalue weighted by Gasteiger charge is 2.17. The molecule has 0 aliphatic heterocycles. The maximum Gasteiger partial charge on any atom is 0.257 e. The van der Waals surface area contributed by atoms with Gasteiger partial charge < -0.3 is 4.74 Å². The van der Waals surface area contributed by atoms with Crippen molar-refractivity contribution in [3.05, 3.63) is 40.4 Å². The number of benzene rings is 1. The van der Waals surface area contributed by atoms with E-state index in [1.54, 1.807) is 23.5 Å². The Morgan fingerprint density at radius 3 is 3.04 bits per heavy atom. The summed E-state index contributed by atoms with van der Waals surface area (Å²) in [4.78, 5) is 18.3. The summed E-state index contributed by atoms with van der Waals surface area (Å²) in [6.07, 6.45) is 6.64. The average molecular weight is 330 g/mol. The standard InChI is InChI=1S/C18H22N2O2S/c1-2-3-11-22-14-8-6-7-13(12-14)17(21)20-18-19-15-9-4-5-10-16(15)23-18/h6-8,12H,2-5,9-11H2,1H3,(H,19,20,21). The number of hydrogen-bond acceptors (Lipinski definition) is 4. The number of anilines is 1. The summed E-state index contributed by atoms with van der Waals surface area (Å²) in [6, 6.07) is 7.33. The third-order valence-electron chi connectivity index (χ3n) is 3.93. The van der Waals surface area contributed by atoms with E-state index in [4.69, 9.17) is 4.74 Å². The predicted octanol–water partition coefficient (Wildman–Crippen LogP) is 4.45. The number of unbranched alkanes of at least 4 members (excludes halogenated alkanes) is 1. The van der Waals surface area contributed by atoms with Crippen molar-refractivity contribution in [1.82, 2.24) is 4.98 Å². The van der Waals surface area contributed by atoms with E-state index >= 15 is 0 Å². The Kier molecular flexibility index (Phi) is 5.28. The van der Waals surface area contributed by atoms with E-state index in [2.05, 4.69) is 17.2 Å². The molecule has 1 aromatic carbocycles. The zero-order valence-corrected chi connectivity index (χ0v) is 14.2. The number of rotatable bonds is 6. The third-order valence-corrected chi connectivity index (χ3v) is 5.00. The largest absolute Gasteiger partial charge is 0.494 e. The molecule has 5 heteroatoms. The molecular formula is C18H22N2O2S. The number of nitrogens with zero attached hydrogens (tertiary/aromatic N) is 1. The normalized spacial score (nSPS) is 13.4. The molecule has 1 aromatic heterocycles. The van der Waals surface area contributed by atoms with Gasteiger partial charge in [0.2, 0.25) is 0 Å². The second kappa shape index (κ2) is 7.59. The first kappa shape index (κ1) is 16.0. The number of amides is 1. The molecule has 1 N–H and O–H groups in total. The van der Waals surface area contributed by atoms with Gasteiger partial charge in [0.25, 0.3) is 5.91 Å². The van der Waals surface area contributed by atoms with E-state index in [-0.39, 0.29) is 5.91 Å². The van der Waals surface area contributed by atoms with Crippen LogP contribution < -0.4 is 10.1 Å². The fourth-order valence-electron chi connectivity index (χ4n) is 2.64. The van der Waals surface area contributed by atoms with Crippen LogP contribution in [0.4, 0.5) is 5.13 Å². The van der Waals surface area contributed by atoms with E-state index in [0.717, 1.165) is 37.1 Å². The fraction of sp³-hybridized carbons (Fsp3) is 0.444. The molecule has 1 amide bonds. The SMILES string of the molecule is CCCCOc1cccc(C(=O)Nc2nc3c(s2)CCCC3)c1. The molecule has 0 unspecified atom stereocenters. The van der Waals surface area contributed by atoms with Crippen molar-refractivity contribution < 1.29 is 9.53 Å². The van der Waals surface area contributed by atoms with Gasteiger partial charge in [-0.3, -0.25) is 10.1 Å². The van der Waals surface area contributed by atoms with Crippen LogP contribution in [0.25, 0.3) is 0 Å². The monoisotopic (exact) mass is 330 g/mol. The number of aromatic nitrogens is 1. The quantitative estimate of drug-likeness (QED) is 0.796. The molecule has 122 valence electrons. The van der Waals surface area contributed by atoms with Gasteiger partial charge in [-0.05, 0) is 50.3 Å². The highest BCUT2D eigenvalue weighted by atomic mass is 32.1. The summed E-state index contributed by atoms with van der Waals surface area (Å²) in [7, 11) is 0. The van der Waals surface area contributed by atoms with Crippen LogP contribution in [-0.2, 0) is 12.8 Å². The topological polar surface area (TPSA) is 51.2 Å². The van der Waals surface area contributed by atoms with Crippen LogP contribution >= 0.6 is 11.3 Å². The Labute approximate surface area is 140 Å². The van der Waals surface area contributed by atoms with Gasteiger partial charge in [-0.2, -0.15) is 0 Å². The van der Waals surface area contributed by atoms with Crippen molar-refractivity contribution in [3.63, 3.8) is 0 Å². The molecule has 0 fully saturated rings. The lowest BCUT2D eigenvalue weighted by Crippen LogP contribution is -2.12. The number of aryl methyl sites for hydroxylation is 2. The fourth-order valence-corrected chi connectivity index (χ4v) is 3.68. The molecule has 0 bridgehead atoms. The molecule has 1 aliphatic carbocycles. The molecule has 23 heavy (non-hydrogen) atoms. The number of thiazole rings is 1. The third kappa shape index (κ3) is 4.10. The number of carbonyl (C=O) groups is 1. The minimum Gasteiger partial charge on any atom is -0.494 e. The molecule has 0 saturated carbocycles. The number of fused-ring (bicyclic) bond motifs is 1. The van der Waals surface area contributed by atoms with Crippen LogP contribution in [0.2, 0.25) is 0 Å². The number of hydrogen-bond donors (Lipinski definition) is 1. The lowest BCUT2D eigenvalue weighted by molar-refractivity contribution is 0.102. The molecule has 1 heterocycles. The summed E-state index contributed by atoms with van der Waals surface area (Å²) < 4.78 is 5.66. The lowest BCUT2D eigenvalue weighted by atomic mass is 10.0. The minimum atomic E-state index is -0.128. The van der Waals surface area contributed by atoms with E-state index < -0.39 is 0 Å². The Morgan fingerprint density at radius 2 is 2.22 bits per heavy atom. The van der Waals surface area contributed by atoms with E-state index in [1.807, 2.05) is 12.1 Å². The molecule has 0 atom stereocenters. The van der Waals surface area contributed by atoms with E-state index in [1.165, 1.54) is 17.7 Å². The first-order chi connectivity index (χ1) is 11.3. The number of nitrogens with one attached hydrogen (secondary N) is 1. The molecule has 1 aliphatic rings. The van der Waals surface area contributed by atoms with Crippen LogP contribution in [0, 0.1) is 0 Å². The van der Waals surface area contributed by atoms with Crippen LogP contribution in [0.15, 0.2) is 24.3 Å². The van der Waals surface area contributed by atoms with Gasteiger partial charge in [-0.15, -0.1) is 11.3 Å². The Balaban J connectivity index is 1.65. The average Bonchev–Trinajstić information content (AvgIpc) is 2.97. The highest BCUT2D eigenvalue weighted by molar-refractivity contribution is 7.15. The van der Waals surface area contributed by atoms with Gasteiger partial charge in [0.1, 0.15) is 5.75 Å². The highest BCUT2D eigenvalue weighted by Crippen LogP contribution is 2.29. The van der Waals surface area contributed by atoms with Gasteiger partial charge in [0.05, 0.1) is 12.3 Å². The smallest absolute Gasteiger partial charge is 0.257 e. The molecule has 0 saturated heterocycles. The summed E-state index contributed by atoms with van der Waals surface area (Å²) in [5.41, 5.74) is 1.76. The van der Waals surface area contributed by atoms with Crippen molar-refractivity contribution in [2.24, 2.45) is 0 Å². The van der Waals surface area contributed by atoms with E-state index in [0.29, 0.717) is 17.3 Å². The van der Waals surface area contributed by atoms with Crippen LogP contribution in [0.5, 0.6) is 5.75 Å². The van der Waals surface area contributed by atoms with Crippen molar-refractivity contribution in [3.8, 4) is 5.75 Å². The van der Waals surface area contributed by atoms with Gasteiger partial charge in [0.15, 0.2) is 5.13 Å². The first-order valence-electron chi connectivity index (χ1n) is 8.29. The Bertz CT molecular complexity index is 658. The van der Waals surface area contributed by atoms with Crippen molar-refractivity contribution >= 4 is 22.4 Å². The van der Waals surface area contributed by atoms with Crippen LogP contribution in [0.3, 0.4) is 0 Å². The maximum absolute atomic E-state index is 12.4. The summed E-state index contributed by atoms with van der Waals surface area (Å²) in [5, 5.41) is 3.63. The lowest BCUT2D eigenvalue weighted by Gasteiger charge is -2.07.